The molecule has 4 heteroatoms. The number of rotatable bonds is 8. The first-order valence-corrected chi connectivity index (χ1v) is 8.85. The van der Waals surface area contributed by atoms with Gasteiger partial charge >= 0.3 is 0 Å². The maximum atomic E-state index is 11.1. The van der Waals surface area contributed by atoms with Crippen LogP contribution in [0.25, 0.3) is 0 Å². The van der Waals surface area contributed by atoms with Gasteiger partial charge in [0, 0.05) is 29.9 Å². The van der Waals surface area contributed by atoms with Crippen LogP contribution in [0.15, 0.2) is 24.3 Å². The van der Waals surface area contributed by atoms with Gasteiger partial charge in [-0.15, -0.1) is 0 Å². The molecule has 21 heavy (non-hydrogen) atoms. The maximum Gasteiger partial charge on any atom is 0.221 e. The van der Waals surface area contributed by atoms with E-state index in [1.807, 2.05) is 30.0 Å². The molecule has 0 aromatic heterocycles. The number of carbonyl (C=O) groups is 1. The summed E-state index contributed by atoms with van der Waals surface area (Å²) in [4.78, 5) is 11.1. The molecule has 0 radical (unpaired) electrons. The predicted octanol–water partition coefficient (Wildman–Crippen LogP) is 4.22. The molecule has 0 aliphatic rings. The number of thioether (sulfide) groups is 1. The number of amides is 1. The summed E-state index contributed by atoms with van der Waals surface area (Å²) in [5.74, 6) is -0.0360. The van der Waals surface area contributed by atoms with Crippen molar-refractivity contribution in [1.82, 2.24) is 5.32 Å². The average Bonchev–Trinajstić information content (AvgIpc) is 2.48. The van der Waals surface area contributed by atoms with Crippen LogP contribution in [0.5, 0.6) is 0 Å². The van der Waals surface area contributed by atoms with E-state index in [-0.39, 0.29) is 11.9 Å². The van der Waals surface area contributed by atoms with Crippen molar-refractivity contribution in [3.63, 3.8) is 0 Å². The van der Waals surface area contributed by atoms with Gasteiger partial charge in [-0.05, 0) is 43.7 Å². The highest BCUT2D eigenvalue weighted by atomic mass is 32.2. The Morgan fingerprint density at radius 3 is 2.52 bits per heavy atom. The summed E-state index contributed by atoms with van der Waals surface area (Å²) in [7, 11) is 0. The van der Waals surface area contributed by atoms with Crippen molar-refractivity contribution in [3.8, 4) is 0 Å². The van der Waals surface area contributed by atoms with E-state index in [4.69, 9.17) is 0 Å². The van der Waals surface area contributed by atoms with Crippen LogP contribution in [0.3, 0.4) is 0 Å². The summed E-state index contributed by atoms with van der Waals surface area (Å²) in [6.07, 6.45) is 4.52. The Bertz CT molecular complexity index is 450. The molecule has 0 saturated heterocycles. The van der Waals surface area contributed by atoms with Crippen molar-refractivity contribution in [2.75, 3.05) is 18.1 Å². The fourth-order valence-electron chi connectivity index (χ4n) is 2.41. The Hall–Kier alpha value is -1.00. The van der Waals surface area contributed by atoms with Gasteiger partial charge in [0.05, 0.1) is 0 Å². The van der Waals surface area contributed by atoms with Gasteiger partial charge in [-0.25, -0.2) is 0 Å². The highest BCUT2D eigenvalue weighted by molar-refractivity contribution is 8.00. The third-order valence-electron chi connectivity index (χ3n) is 4.16. The molecule has 1 atom stereocenters. The first-order chi connectivity index (χ1) is 9.96. The molecule has 1 amide bonds. The first kappa shape index (κ1) is 18.1. The van der Waals surface area contributed by atoms with Crippen LogP contribution in [0.2, 0.25) is 0 Å². The summed E-state index contributed by atoms with van der Waals surface area (Å²) in [6, 6.07) is 8.31. The van der Waals surface area contributed by atoms with E-state index in [2.05, 4.69) is 43.7 Å². The van der Waals surface area contributed by atoms with Crippen LogP contribution in [0.1, 0.15) is 52.1 Å². The lowest BCUT2D eigenvalue weighted by Gasteiger charge is -2.31. The molecule has 0 aliphatic carbocycles. The van der Waals surface area contributed by atoms with Crippen LogP contribution >= 0.6 is 11.8 Å². The van der Waals surface area contributed by atoms with Crippen molar-refractivity contribution >= 4 is 23.4 Å². The molecule has 0 bridgehead atoms. The first-order valence-electron chi connectivity index (χ1n) is 7.62. The number of nitrogens with one attached hydrogen (secondary N) is 2. The van der Waals surface area contributed by atoms with Crippen molar-refractivity contribution in [3.05, 3.63) is 29.8 Å². The highest BCUT2D eigenvalue weighted by Crippen LogP contribution is 2.30. The number of anilines is 1. The quantitative estimate of drug-likeness (QED) is 0.755. The third kappa shape index (κ3) is 5.36. The minimum absolute atomic E-state index is 0.0360. The third-order valence-corrected chi connectivity index (χ3v) is 5.75. The van der Waals surface area contributed by atoms with E-state index in [1.54, 1.807) is 0 Å². The molecular formula is C17H28N2OS. The predicted molar refractivity (Wildman–Crippen MR) is 94.0 cm³/mol. The van der Waals surface area contributed by atoms with E-state index < -0.39 is 0 Å². The molecule has 1 aromatic carbocycles. The zero-order chi connectivity index (χ0) is 15.9. The lowest BCUT2D eigenvalue weighted by molar-refractivity contribution is -0.114. The average molecular weight is 308 g/mol. The van der Waals surface area contributed by atoms with Crippen LogP contribution in [0.4, 0.5) is 5.69 Å². The Kier molecular flexibility index (Phi) is 7.26. The molecular weight excluding hydrogens is 280 g/mol. The van der Waals surface area contributed by atoms with Crippen molar-refractivity contribution in [2.24, 2.45) is 0 Å². The summed E-state index contributed by atoms with van der Waals surface area (Å²) >= 11 is 1.95. The SMILES string of the molecule is CCC(CC)(CNC(C)c1cccc(NC(C)=O)c1)SC. The highest BCUT2D eigenvalue weighted by Gasteiger charge is 2.25. The van der Waals surface area contributed by atoms with Crippen LogP contribution < -0.4 is 10.6 Å². The van der Waals surface area contributed by atoms with Crippen LogP contribution in [-0.4, -0.2) is 23.5 Å². The maximum absolute atomic E-state index is 11.1. The Balaban J connectivity index is 2.71. The molecule has 0 spiro atoms. The van der Waals surface area contributed by atoms with Crippen LogP contribution in [0, 0.1) is 0 Å². The van der Waals surface area contributed by atoms with Crippen molar-refractivity contribution < 1.29 is 4.79 Å². The van der Waals surface area contributed by atoms with Gasteiger partial charge in [-0.2, -0.15) is 11.8 Å². The van der Waals surface area contributed by atoms with Gasteiger partial charge in [0.25, 0.3) is 0 Å². The van der Waals surface area contributed by atoms with E-state index in [0.717, 1.165) is 25.1 Å². The van der Waals surface area contributed by atoms with Gasteiger partial charge in [-0.3, -0.25) is 4.79 Å². The van der Waals surface area contributed by atoms with Gasteiger partial charge in [0.15, 0.2) is 0 Å². The summed E-state index contributed by atoms with van der Waals surface area (Å²) < 4.78 is 0.309. The zero-order valence-corrected chi connectivity index (χ0v) is 14.6. The summed E-state index contributed by atoms with van der Waals surface area (Å²) in [5.41, 5.74) is 2.05. The lowest BCUT2D eigenvalue weighted by atomic mass is 10.0. The normalized spacial score (nSPS) is 13.0. The Morgan fingerprint density at radius 1 is 1.33 bits per heavy atom. The van der Waals surface area contributed by atoms with Gasteiger partial charge in [0.1, 0.15) is 0 Å². The molecule has 0 saturated carbocycles. The second-order valence-electron chi connectivity index (χ2n) is 5.50. The molecule has 1 unspecified atom stereocenters. The standard InChI is InChI=1S/C17H28N2OS/c1-6-17(7-2,21-5)12-18-13(3)15-9-8-10-16(11-15)19-14(4)20/h8-11,13,18H,6-7,12H2,1-5H3,(H,19,20). The van der Waals surface area contributed by atoms with Gasteiger partial charge in [0.2, 0.25) is 5.91 Å². The monoisotopic (exact) mass is 308 g/mol. The molecule has 2 N–H and O–H groups in total. The largest absolute Gasteiger partial charge is 0.326 e. The topological polar surface area (TPSA) is 41.1 Å². The molecule has 0 heterocycles. The fraction of sp³-hybridized carbons (Fsp3) is 0.588. The molecule has 0 aliphatic heterocycles. The fourth-order valence-corrected chi connectivity index (χ4v) is 3.21. The lowest BCUT2D eigenvalue weighted by Crippen LogP contribution is -2.37. The van der Waals surface area contributed by atoms with Gasteiger partial charge < -0.3 is 10.6 Å². The smallest absolute Gasteiger partial charge is 0.221 e. The van der Waals surface area contributed by atoms with E-state index in [0.29, 0.717) is 4.75 Å². The van der Waals surface area contributed by atoms with E-state index in [1.165, 1.54) is 12.5 Å². The second-order valence-corrected chi connectivity index (χ2v) is 6.78. The van der Waals surface area contributed by atoms with Gasteiger partial charge in [-0.1, -0.05) is 26.0 Å². The van der Waals surface area contributed by atoms with Crippen LogP contribution in [-0.2, 0) is 4.79 Å². The minimum Gasteiger partial charge on any atom is -0.326 e. The second kappa shape index (κ2) is 8.44. The molecule has 3 nitrogen and oxygen atoms in total. The summed E-state index contributed by atoms with van der Waals surface area (Å²) in [6.45, 7) is 9.20. The number of benzene rings is 1. The number of hydrogen-bond donors (Lipinski definition) is 2. The zero-order valence-electron chi connectivity index (χ0n) is 13.8. The molecule has 1 rings (SSSR count). The Morgan fingerprint density at radius 2 is 2.00 bits per heavy atom. The number of carbonyl (C=O) groups excluding carboxylic acids is 1. The molecule has 118 valence electrons. The minimum atomic E-state index is -0.0360. The molecule has 0 fully saturated rings. The molecule has 1 aromatic rings. The van der Waals surface area contributed by atoms with Crippen molar-refractivity contribution in [2.45, 2.75) is 51.3 Å². The van der Waals surface area contributed by atoms with E-state index >= 15 is 0 Å². The van der Waals surface area contributed by atoms with E-state index in [9.17, 15) is 4.79 Å². The Labute approximate surface area is 133 Å². The number of hydrogen-bond acceptors (Lipinski definition) is 3. The summed E-state index contributed by atoms with van der Waals surface area (Å²) in [5, 5.41) is 6.47. The van der Waals surface area contributed by atoms with Crippen molar-refractivity contribution in [1.29, 1.82) is 0 Å².